The Bertz CT molecular complexity index is 833. The summed E-state index contributed by atoms with van der Waals surface area (Å²) in [5, 5.41) is 14.2. The van der Waals surface area contributed by atoms with Crippen molar-refractivity contribution in [2.24, 2.45) is 0 Å². The number of nitrogens with zero attached hydrogens (tertiary/aromatic N) is 2. The molecular formula is C17H23N3O5S. The molecule has 0 saturated carbocycles. The predicted octanol–water partition coefficient (Wildman–Crippen LogP) is 1.89. The van der Waals surface area contributed by atoms with Gasteiger partial charge < -0.3 is 10.2 Å². The average Bonchev–Trinajstić information content (AvgIpc) is 2.87. The van der Waals surface area contributed by atoms with E-state index in [2.05, 4.69) is 5.32 Å². The van der Waals surface area contributed by atoms with Crippen LogP contribution in [0.2, 0.25) is 0 Å². The van der Waals surface area contributed by atoms with Gasteiger partial charge in [0.1, 0.15) is 5.69 Å². The topological polar surface area (TPSA) is 110 Å². The van der Waals surface area contributed by atoms with Gasteiger partial charge >= 0.3 is 0 Å². The molecule has 1 atom stereocenters. The zero-order valence-electron chi connectivity index (χ0n) is 14.7. The molecule has 0 aliphatic carbocycles. The minimum Gasteiger partial charge on any atom is -0.366 e. The minimum absolute atomic E-state index is 0.0395. The third kappa shape index (κ3) is 3.98. The largest absolute Gasteiger partial charge is 0.366 e. The second-order valence-electron chi connectivity index (χ2n) is 7.37. The molecule has 2 saturated heterocycles. The highest BCUT2D eigenvalue weighted by Gasteiger charge is 2.39. The van der Waals surface area contributed by atoms with E-state index in [9.17, 15) is 23.3 Å². The molecular weight excluding hydrogens is 358 g/mol. The van der Waals surface area contributed by atoms with Crippen molar-refractivity contribution in [2.75, 3.05) is 29.5 Å². The van der Waals surface area contributed by atoms with Crippen molar-refractivity contribution in [1.29, 1.82) is 0 Å². The van der Waals surface area contributed by atoms with E-state index in [0.717, 1.165) is 32.4 Å². The number of benzene rings is 1. The molecule has 1 aromatic rings. The van der Waals surface area contributed by atoms with Gasteiger partial charge in [0.2, 0.25) is 0 Å². The number of hydrogen-bond acceptors (Lipinski definition) is 6. The number of hydrogen-bond donors (Lipinski definition) is 1. The number of sulfone groups is 1. The fourth-order valence-corrected chi connectivity index (χ4v) is 5.76. The van der Waals surface area contributed by atoms with Crippen molar-refractivity contribution in [1.82, 2.24) is 5.32 Å². The Hall–Kier alpha value is -2.16. The SMILES string of the molecule is C[C@]1(NC(=O)c2ccc(N3CCCCC3)c([N+](=O)[O-])c2)CCS(=O)(=O)C1. The molecule has 142 valence electrons. The molecule has 1 N–H and O–H groups in total. The van der Waals surface area contributed by atoms with Gasteiger partial charge in [-0.1, -0.05) is 0 Å². The van der Waals surface area contributed by atoms with Crippen molar-refractivity contribution in [3.63, 3.8) is 0 Å². The predicted molar refractivity (Wildman–Crippen MR) is 98.3 cm³/mol. The maximum Gasteiger partial charge on any atom is 0.293 e. The first kappa shape index (κ1) is 18.6. The van der Waals surface area contributed by atoms with Crippen LogP contribution in [0.25, 0.3) is 0 Å². The molecule has 0 aromatic heterocycles. The summed E-state index contributed by atoms with van der Waals surface area (Å²) in [6.45, 7) is 3.22. The van der Waals surface area contributed by atoms with Crippen molar-refractivity contribution >= 4 is 27.1 Å². The Morgan fingerprint density at radius 2 is 1.96 bits per heavy atom. The first-order valence-corrected chi connectivity index (χ1v) is 10.6. The quantitative estimate of drug-likeness (QED) is 0.630. The number of nitrogens with one attached hydrogen (secondary N) is 1. The second kappa shape index (κ2) is 6.86. The molecule has 2 aliphatic heterocycles. The van der Waals surface area contributed by atoms with Crippen LogP contribution >= 0.6 is 0 Å². The van der Waals surface area contributed by atoms with Crippen LogP contribution in [0.5, 0.6) is 0 Å². The summed E-state index contributed by atoms with van der Waals surface area (Å²) in [6.07, 6.45) is 3.44. The van der Waals surface area contributed by atoms with E-state index in [4.69, 9.17) is 0 Å². The number of anilines is 1. The van der Waals surface area contributed by atoms with Crippen LogP contribution in [0.3, 0.4) is 0 Å². The number of carbonyl (C=O) groups is 1. The van der Waals surface area contributed by atoms with E-state index in [0.29, 0.717) is 12.1 Å². The Balaban J connectivity index is 1.83. The Morgan fingerprint density at radius 1 is 1.27 bits per heavy atom. The smallest absolute Gasteiger partial charge is 0.293 e. The lowest BCUT2D eigenvalue weighted by Gasteiger charge is -2.28. The number of rotatable bonds is 4. The van der Waals surface area contributed by atoms with Crippen LogP contribution in [0.1, 0.15) is 43.0 Å². The van der Waals surface area contributed by atoms with Crippen LogP contribution in [0.4, 0.5) is 11.4 Å². The summed E-state index contributed by atoms with van der Waals surface area (Å²) in [7, 11) is -3.15. The van der Waals surface area contributed by atoms with Gasteiger partial charge in [-0.2, -0.15) is 0 Å². The Labute approximate surface area is 152 Å². The summed E-state index contributed by atoms with van der Waals surface area (Å²) in [4.78, 5) is 25.5. The van der Waals surface area contributed by atoms with E-state index >= 15 is 0 Å². The standard InChI is InChI=1S/C17H23N3O5S/c1-17(7-10-26(24,25)12-17)18-16(21)13-5-6-14(15(11-13)20(22)23)19-8-3-2-4-9-19/h5-6,11H,2-4,7-10,12H2,1H3,(H,18,21)/t17-/m0/s1. The van der Waals surface area contributed by atoms with E-state index in [1.54, 1.807) is 19.1 Å². The number of piperidine rings is 1. The molecule has 2 fully saturated rings. The van der Waals surface area contributed by atoms with Crippen LogP contribution < -0.4 is 10.2 Å². The fourth-order valence-electron chi connectivity index (χ4n) is 3.67. The van der Waals surface area contributed by atoms with E-state index in [1.165, 1.54) is 6.07 Å². The number of nitro benzene ring substituents is 1. The molecule has 2 aliphatic rings. The summed E-state index contributed by atoms with van der Waals surface area (Å²) < 4.78 is 23.4. The zero-order valence-corrected chi connectivity index (χ0v) is 15.5. The van der Waals surface area contributed by atoms with Crippen LogP contribution in [-0.2, 0) is 9.84 Å². The lowest BCUT2D eigenvalue weighted by atomic mass is 10.0. The monoisotopic (exact) mass is 381 g/mol. The van der Waals surface area contributed by atoms with Crippen LogP contribution in [-0.4, -0.2) is 49.4 Å². The molecule has 0 unspecified atom stereocenters. The average molecular weight is 381 g/mol. The van der Waals surface area contributed by atoms with Crippen LogP contribution in [0, 0.1) is 10.1 Å². The van der Waals surface area contributed by atoms with Gasteiger partial charge in [-0.3, -0.25) is 14.9 Å². The summed E-state index contributed by atoms with van der Waals surface area (Å²) in [5.74, 6) is -0.560. The third-order valence-electron chi connectivity index (χ3n) is 5.05. The molecule has 8 nitrogen and oxygen atoms in total. The lowest BCUT2D eigenvalue weighted by Crippen LogP contribution is -2.46. The molecule has 2 heterocycles. The Kier molecular flexibility index (Phi) is 4.92. The highest BCUT2D eigenvalue weighted by molar-refractivity contribution is 7.91. The lowest BCUT2D eigenvalue weighted by molar-refractivity contribution is -0.384. The van der Waals surface area contributed by atoms with E-state index in [-0.39, 0.29) is 22.8 Å². The van der Waals surface area contributed by atoms with Crippen molar-refractivity contribution in [3.8, 4) is 0 Å². The van der Waals surface area contributed by atoms with Gasteiger partial charge in [0.15, 0.2) is 9.84 Å². The van der Waals surface area contributed by atoms with Crippen molar-refractivity contribution in [2.45, 2.75) is 38.1 Å². The van der Waals surface area contributed by atoms with Gasteiger partial charge in [0.05, 0.1) is 22.0 Å². The summed E-state index contributed by atoms with van der Waals surface area (Å²) in [6, 6.07) is 4.47. The molecule has 0 bridgehead atoms. The first-order chi connectivity index (χ1) is 12.2. The van der Waals surface area contributed by atoms with Crippen molar-refractivity contribution < 1.29 is 18.1 Å². The Morgan fingerprint density at radius 3 is 2.54 bits per heavy atom. The highest BCUT2D eigenvalue weighted by atomic mass is 32.2. The second-order valence-corrected chi connectivity index (χ2v) is 9.55. The molecule has 26 heavy (non-hydrogen) atoms. The van der Waals surface area contributed by atoms with Crippen molar-refractivity contribution in [3.05, 3.63) is 33.9 Å². The fraction of sp³-hybridized carbons (Fsp3) is 0.588. The zero-order chi connectivity index (χ0) is 18.9. The number of nitro groups is 1. The van der Waals surface area contributed by atoms with Gasteiger partial charge in [0.25, 0.3) is 11.6 Å². The highest BCUT2D eigenvalue weighted by Crippen LogP contribution is 2.32. The first-order valence-electron chi connectivity index (χ1n) is 8.75. The van der Waals surface area contributed by atoms with Gasteiger partial charge in [-0.25, -0.2) is 8.42 Å². The van der Waals surface area contributed by atoms with Gasteiger partial charge in [-0.15, -0.1) is 0 Å². The third-order valence-corrected chi connectivity index (χ3v) is 6.95. The normalized spacial score (nSPS) is 25.0. The van der Waals surface area contributed by atoms with Crippen LogP contribution in [0.15, 0.2) is 18.2 Å². The van der Waals surface area contributed by atoms with Gasteiger partial charge in [0, 0.05) is 24.7 Å². The van der Waals surface area contributed by atoms with Gasteiger partial charge in [-0.05, 0) is 44.7 Å². The molecule has 1 amide bonds. The maximum absolute atomic E-state index is 12.5. The number of carbonyl (C=O) groups excluding carboxylic acids is 1. The molecule has 9 heteroatoms. The maximum atomic E-state index is 12.5. The van der Waals surface area contributed by atoms with E-state index < -0.39 is 26.2 Å². The molecule has 0 radical (unpaired) electrons. The number of amides is 1. The summed E-state index contributed by atoms with van der Waals surface area (Å²) >= 11 is 0. The summed E-state index contributed by atoms with van der Waals surface area (Å²) in [5.41, 5.74) is -0.233. The molecule has 1 aromatic carbocycles. The molecule has 0 spiro atoms. The van der Waals surface area contributed by atoms with E-state index in [1.807, 2.05) is 4.90 Å². The minimum atomic E-state index is -3.15. The molecule has 3 rings (SSSR count).